The number of carbonyl (C=O) groups is 1. The lowest BCUT2D eigenvalue weighted by Crippen LogP contribution is -2.44. The highest BCUT2D eigenvalue weighted by Crippen LogP contribution is 2.50. The van der Waals surface area contributed by atoms with Crippen LogP contribution < -0.4 is 11.2 Å². The minimum atomic E-state index is -4.67. The van der Waals surface area contributed by atoms with Gasteiger partial charge in [0.15, 0.2) is 0 Å². The van der Waals surface area contributed by atoms with E-state index in [1.807, 2.05) is 6.92 Å². The molecular weight excluding hydrogens is 478 g/mol. The van der Waals surface area contributed by atoms with E-state index in [2.05, 4.69) is 4.90 Å². The Bertz CT molecular complexity index is 1250. The number of nitrogens with zero attached hydrogens (tertiary/aromatic N) is 2. The molecule has 1 aromatic heterocycles. The molecule has 4 rings (SSSR count). The zero-order valence-corrected chi connectivity index (χ0v) is 19.4. The topological polar surface area (TPSA) is 183 Å². The zero-order valence-electron chi connectivity index (χ0n) is 17.9. The maximum absolute atomic E-state index is 12.8. The smallest absolute Gasteiger partial charge is 0.394 e. The average molecular weight is 504 g/mol. The zero-order chi connectivity index (χ0) is 24.7. The molecule has 1 atom stereocenters. The Labute approximate surface area is 194 Å². The second-order valence-electron chi connectivity index (χ2n) is 8.18. The van der Waals surface area contributed by atoms with Crippen molar-refractivity contribution in [2.24, 2.45) is 5.73 Å². The van der Waals surface area contributed by atoms with Crippen molar-refractivity contribution >= 4 is 38.9 Å². The first kappa shape index (κ1) is 25.4. The molecule has 1 aliphatic heterocycles. The predicted octanol–water partition coefficient (Wildman–Crippen LogP) is 2.36. The van der Waals surface area contributed by atoms with Crippen LogP contribution in [0.25, 0.3) is 10.9 Å². The fourth-order valence-electron chi connectivity index (χ4n) is 4.76. The van der Waals surface area contributed by atoms with Crippen LogP contribution in [0.1, 0.15) is 61.0 Å². The Morgan fingerprint density at radius 1 is 1.33 bits per heavy atom. The van der Waals surface area contributed by atoms with Crippen LogP contribution in [-0.4, -0.2) is 56.4 Å². The number of aromatic carboxylic acids is 1. The van der Waals surface area contributed by atoms with Crippen molar-refractivity contribution in [3.63, 3.8) is 0 Å². The number of nitrogens with two attached hydrogens (primary N) is 1. The number of rotatable bonds is 5. The summed E-state index contributed by atoms with van der Waals surface area (Å²) in [6.07, 6.45) is 5.65. The highest BCUT2D eigenvalue weighted by molar-refractivity contribution is 7.79. The molecule has 0 radical (unpaired) electrons. The van der Waals surface area contributed by atoms with E-state index in [0.29, 0.717) is 29.2 Å². The first-order valence-electron chi connectivity index (χ1n) is 10.3. The van der Waals surface area contributed by atoms with Gasteiger partial charge in [-0.15, -0.1) is 0 Å². The Balaban J connectivity index is 0.000000555. The molecular formula is C20H26ClN3O8S. The number of hydrogen-bond donors (Lipinski definition) is 5. The number of carboxylic acids is 1. The summed E-state index contributed by atoms with van der Waals surface area (Å²) >= 11 is 6.86. The third-order valence-corrected chi connectivity index (χ3v) is 6.67. The van der Waals surface area contributed by atoms with Crippen molar-refractivity contribution < 1.29 is 32.5 Å². The molecule has 1 saturated carbocycles. The van der Waals surface area contributed by atoms with Crippen molar-refractivity contribution in [3.8, 4) is 5.75 Å². The molecule has 182 valence electrons. The van der Waals surface area contributed by atoms with Gasteiger partial charge < -0.3 is 20.5 Å². The largest absolute Gasteiger partial charge is 0.508 e. The van der Waals surface area contributed by atoms with Crippen molar-refractivity contribution in [3.05, 3.63) is 38.6 Å². The number of aromatic nitrogens is 1. The number of fused-ring (bicyclic) bond motifs is 1. The Morgan fingerprint density at radius 3 is 2.42 bits per heavy atom. The molecule has 1 aliphatic carbocycles. The molecule has 1 saturated heterocycles. The number of aromatic hydroxyl groups is 1. The summed E-state index contributed by atoms with van der Waals surface area (Å²) < 4.78 is 33.4. The summed E-state index contributed by atoms with van der Waals surface area (Å²) in [5.41, 5.74) is 5.63. The fraction of sp³-hybridized carbons (Fsp3) is 0.500. The summed E-state index contributed by atoms with van der Waals surface area (Å²) in [6.45, 7) is 3.19. The van der Waals surface area contributed by atoms with Crippen LogP contribution in [0.2, 0.25) is 5.02 Å². The molecule has 13 heteroatoms. The van der Waals surface area contributed by atoms with E-state index >= 15 is 0 Å². The summed E-state index contributed by atoms with van der Waals surface area (Å²) in [6, 6.07) is 1.50. The normalized spacial score (nSPS) is 21.1. The average Bonchev–Trinajstić information content (AvgIpc) is 3.47. The molecule has 1 aromatic carbocycles. The van der Waals surface area contributed by atoms with Gasteiger partial charge in [0.1, 0.15) is 11.3 Å². The van der Waals surface area contributed by atoms with Crippen LogP contribution in [-0.2, 0) is 15.9 Å². The maximum Gasteiger partial charge on any atom is 0.394 e. The summed E-state index contributed by atoms with van der Waals surface area (Å²) in [7, 11) is -4.67. The van der Waals surface area contributed by atoms with E-state index in [9.17, 15) is 19.8 Å². The van der Waals surface area contributed by atoms with E-state index in [0.717, 1.165) is 32.2 Å². The molecule has 2 heterocycles. The SMILES string of the molecule is CCC1(c2c(O)cc3c(=O)c(C(=O)O)cn(C4CC4)c3c2Cl)CCCN1CN.O=S(=O)(O)O. The van der Waals surface area contributed by atoms with Crippen molar-refractivity contribution in [1.82, 2.24) is 9.47 Å². The number of halogens is 1. The third-order valence-electron chi connectivity index (χ3n) is 6.30. The third kappa shape index (κ3) is 4.86. The number of pyridine rings is 1. The van der Waals surface area contributed by atoms with E-state index in [4.69, 9.17) is 34.9 Å². The number of carboxylic acid groups (broad SMARTS) is 1. The second kappa shape index (κ2) is 9.20. The molecule has 2 aromatic rings. The van der Waals surface area contributed by atoms with Gasteiger partial charge in [-0.05, 0) is 38.2 Å². The Morgan fingerprint density at radius 2 is 1.94 bits per heavy atom. The van der Waals surface area contributed by atoms with Gasteiger partial charge in [-0.25, -0.2) is 4.79 Å². The minimum Gasteiger partial charge on any atom is -0.508 e. The van der Waals surface area contributed by atoms with Crippen molar-refractivity contribution in [1.29, 1.82) is 0 Å². The number of benzene rings is 1. The van der Waals surface area contributed by atoms with Gasteiger partial charge in [0, 0.05) is 31.0 Å². The van der Waals surface area contributed by atoms with Crippen molar-refractivity contribution in [2.75, 3.05) is 13.2 Å². The van der Waals surface area contributed by atoms with E-state index in [-0.39, 0.29) is 22.7 Å². The number of phenolic OH excluding ortho intramolecular Hbond substituents is 1. The first-order chi connectivity index (χ1) is 15.4. The number of phenols is 1. The number of hydrogen-bond acceptors (Lipinski definition) is 7. The molecule has 2 aliphatic rings. The van der Waals surface area contributed by atoms with Crippen LogP contribution in [0.15, 0.2) is 17.1 Å². The molecule has 6 N–H and O–H groups in total. The number of likely N-dealkylation sites (tertiary alicyclic amines) is 1. The van der Waals surface area contributed by atoms with Crippen LogP contribution in [0.5, 0.6) is 5.75 Å². The van der Waals surface area contributed by atoms with E-state index < -0.39 is 27.3 Å². The van der Waals surface area contributed by atoms with Gasteiger partial charge in [-0.1, -0.05) is 18.5 Å². The van der Waals surface area contributed by atoms with Crippen LogP contribution in [0.4, 0.5) is 0 Å². The summed E-state index contributed by atoms with van der Waals surface area (Å²) in [4.78, 5) is 26.5. The molecule has 0 spiro atoms. The molecule has 1 unspecified atom stereocenters. The lowest BCUT2D eigenvalue weighted by molar-refractivity contribution is 0.0694. The van der Waals surface area contributed by atoms with Gasteiger partial charge in [0.05, 0.1) is 21.5 Å². The van der Waals surface area contributed by atoms with Crippen LogP contribution in [0, 0.1) is 0 Å². The van der Waals surface area contributed by atoms with Crippen molar-refractivity contribution in [2.45, 2.75) is 50.6 Å². The lowest BCUT2D eigenvalue weighted by Gasteiger charge is -2.39. The Kier molecular flexibility index (Phi) is 7.08. The van der Waals surface area contributed by atoms with E-state index in [1.165, 1.54) is 12.3 Å². The summed E-state index contributed by atoms with van der Waals surface area (Å²) in [5, 5.41) is 20.8. The quantitative estimate of drug-likeness (QED) is 0.379. The highest BCUT2D eigenvalue weighted by atomic mass is 35.5. The predicted molar refractivity (Wildman–Crippen MR) is 121 cm³/mol. The monoisotopic (exact) mass is 503 g/mol. The molecule has 2 fully saturated rings. The van der Waals surface area contributed by atoms with Gasteiger partial charge >= 0.3 is 16.4 Å². The van der Waals surface area contributed by atoms with Crippen LogP contribution >= 0.6 is 11.6 Å². The molecule has 0 amide bonds. The summed E-state index contributed by atoms with van der Waals surface area (Å²) in [5.74, 6) is -1.36. The standard InChI is InChI=1S/C20H24ClN3O4.H2O4S/c1-2-20(6-3-7-23(20)10-22)15-14(25)8-12-17(16(15)21)24(11-4-5-11)9-13(18(12)26)19(27)28;1-5(2,3)4/h8-9,11,25H,2-7,10,22H2,1H3,(H,27,28);(H2,1,2,3,4). The second-order valence-corrected chi connectivity index (χ2v) is 9.45. The van der Waals surface area contributed by atoms with Gasteiger partial charge in [-0.2, -0.15) is 8.42 Å². The van der Waals surface area contributed by atoms with Crippen LogP contribution in [0.3, 0.4) is 0 Å². The van der Waals surface area contributed by atoms with Gasteiger partial charge in [-0.3, -0.25) is 18.8 Å². The molecule has 0 bridgehead atoms. The van der Waals surface area contributed by atoms with Gasteiger partial charge in [0.2, 0.25) is 5.43 Å². The minimum absolute atomic E-state index is 0.0818. The maximum atomic E-state index is 12.8. The first-order valence-corrected chi connectivity index (χ1v) is 12.1. The Hall–Kier alpha value is -2.22. The fourth-order valence-corrected chi connectivity index (χ4v) is 5.23. The van der Waals surface area contributed by atoms with Gasteiger partial charge in [0.25, 0.3) is 0 Å². The van der Waals surface area contributed by atoms with E-state index in [1.54, 1.807) is 4.57 Å². The highest BCUT2D eigenvalue weighted by Gasteiger charge is 2.44. The molecule has 33 heavy (non-hydrogen) atoms. The molecule has 11 nitrogen and oxygen atoms in total. The lowest BCUT2D eigenvalue weighted by atomic mass is 9.83.